The molecule has 0 saturated heterocycles. The summed E-state index contributed by atoms with van der Waals surface area (Å²) >= 11 is 1.61. The third-order valence-electron chi connectivity index (χ3n) is 3.29. The summed E-state index contributed by atoms with van der Waals surface area (Å²) in [6.45, 7) is 4.19. The number of thioether (sulfide) groups is 1. The van der Waals surface area contributed by atoms with Gasteiger partial charge >= 0.3 is 0 Å². The Kier molecular flexibility index (Phi) is 3.96. The van der Waals surface area contributed by atoms with E-state index in [0.29, 0.717) is 0 Å². The van der Waals surface area contributed by atoms with Crippen LogP contribution >= 0.6 is 11.8 Å². The largest absolute Gasteiger partial charge is 0.265 e. The Hall–Kier alpha value is -2.21. The molecule has 106 valence electrons. The molecule has 5 nitrogen and oxygen atoms in total. The molecule has 2 heterocycles. The minimum absolute atomic E-state index is 0.787. The first-order valence-electron chi connectivity index (χ1n) is 6.62. The quantitative estimate of drug-likeness (QED) is 0.693. The molecule has 6 heteroatoms. The molecule has 0 aliphatic carbocycles. The Morgan fingerprint density at radius 2 is 1.86 bits per heavy atom. The van der Waals surface area contributed by atoms with Gasteiger partial charge in [-0.2, -0.15) is 4.68 Å². The van der Waals surface area contributed by atoms with E-state index < -0.39 is 0 Å². The topological polar surface area (TPSA) is 56.5 Å². The fourth-order valence-electron chi connectivity index (χ4n) is 1.92. The molecule has 0 spiro atoms. The lowest BCUT2D eigenvalue weighted by atomic mass is 10.1. The maximum absolute atomic E-state index is 4.11. The summed E-state index contributed by atoms with van der Waals surface area (Å²) in [5, 5.41) is 12.8. The van der Waals surface area contributed by atoms with Gasteiger partial charge in [-0.15, -0.1) is 5.10 Å². The van der Waals surface area contributed by atoms with E-state index in [9.17, 15) is 0 Å². The summed E-state index contributed by atoms with van der Waals surface area (Å²) in [7, 11) is 0. The van der Waals surface area contributed by atoms with E-state index in [1.54, 1.807) is 28.8 Å². The van der Waals surface area contributed by atoms with Crippen LogP contribution in [0.1, 0.15) is 16.7 Å². The molecule has 0 aliphatic heterocycles. The maximum Gasteiger partial charge on any atom is 0.214 e. The van der Waals surface area contributed by atoms with Crippen molar-refractivity contribution in [2.75, 3.05) is 0 Å². The van der Waals surface area contributed by atoms with Crippen LogP contribution < -0.4 is 0 Å². The minimum Gasteiger partial charge on any atom is -0.265 e. The van der Waals surface area contributed by atoms with Crippen molar-refractivity contribution in [3.8, 4) is 5.69 Å². The van der Waals surface area contributed by atoms with Crippen molar-refractivity contribution < 1.29 is 0 Å². The van der Waals surface area contributed by atoms with Crippen molar-refractivity contribution >= 4 is 11.8 Å². The molecule has 0 N–H and O–H groups in total. The van der Waals surface area contributed by atoms with Crippen LogP contribution in [0.15, 0.2) is 47.9 Å². The molecule has 0 bridgehead atoms. The van der Waals surface area contributed by atoms with Crippen LogP contribution in [0.25, 0.3) is 5.69 Å². The first-order chi connectivity index (χ1) is 10.2. The van der Waals surface area contributed by atoms with Crippen LogP contribution in [0.2, 0.25) is 0 Å². The lowest BCUT2D eigenvalue weighted by Gasteiger charge is -2.07. The standard InChI is InChI=1S/C15H15N5S/c1-11-3-4-14(9-12(11)2)20-15(17-18-19-20)21-10-13-5-7-16-8-6-13/h3-9H,10H2,1-2H3. The molecule has 0 aliphatic rings. The van der Waals surface area contributed by atoms with E-state index in [1.165, 1.54) is 16.7 Å². The van der Waals surface area contributed by atoms with E-state index in [4.69, 9.17) is 0 Å². The predicted octanol–water partition coefficient (Wildman–Crippen LogP) is 2.97. The van der Waals surface area contributed by atoms with Gasteiger partial charge in [-0.1, -0.05) is 17.8 Å². The Bertz CT molecular complexity index is 739. The summed E-state index contributed by atoms with van der Waals surface area (Å²) in [6.07, 6.45) is 3.59. The normalized spacial score (nSPS) is 10.8. The molecule has 0 saturated carbocycles. The first-order valence-corrected chi connectivity index (χ1v) is 7.60. The Labute approximate surface area is 127 Å². The Morgan fingerprint density at radius 1 is 1.05 bits per heavy atom. The zero-order chi connectivity index (χ0) is 14.7. The summed E-state index contributed by atoms with van der Waals surface area (Å²) in [4.78, 5) is 4.02. The number of benzene rings is 1. The second kappa shape index (κ2) is 6.05. The highest BCUT2D eigenvalue weighted by Gasteiger charge is 2.09. The second-order valence-electron chi connectivity index (χ2n) is 4.79. The van der Waals surface area contributed by atoms with Crippen LogP contribution in [-0.2, 0) is 5.75 Å². The van der Waals surface area contributed by atoms with Crippen LogP contribution in [-0.4, -0.2) is 25.2 Å². The number of pyridine rings is 1. The van der Waals surface area contributed by atoms with Crippen molar-refractivity contribution in [3.63, 3.8) is 0 Å². The maximum atomic E-state index is 4.11. The number of tetrazole rings is 1. The molecule has 0 fully saturated rings. The van der Waals surface area contributed by atoms with Gasteiger partial charge in [0, 0.05) is 18.1 Å². The molecule has 3 aromatic rings. The monoisotopic (exact) mass is 297 g/mol. The Balaban J connectivity index is 1.82. The van der Waals surface area contributed by atoms with E-state index >= 15 is 0 Å². The fraction of sp³-hybridized carbons (Fsp3) is 0.200. The Morgan fingerprint density at radius 3 is 2.62 bits per heavy atom. The van der Waals surface area contributed by atoms with Gasteiger partial charge in [0.2, 0.25) is 5.16 Å². The van der Waals surface area contributed by atoms with Crippen LogP contribution in [0.4, 0.5) is 0 Å². The van der Waals surface area contributed by atoms with Crippen molar-refractivity contribution in [2.45, 2.75) is 24.8 Å². The van der Waals surface area contributed by atoms with Gasteiger partial charge in [0.05, 0.1) is 5.69 Å². The summed E-state index contributed by atoms with van der Waals surface area (Å²) in [5.74, 6) is 0.813. The molecule has 21 heavy (non-hydrogen) atoms. The van der Waals surface area contributed by atoms with Gasteiger partial charge in [0.1, 0.15) is 0 Å². The summed E-state index contributed by atoms with van der Waals surface area (Å²) in [5.41, 5.74) is 4.68. The smallest absolute Gasteiger partial charge is 0.214 e. The van der Waals surface area contributed by atoms with Gasteiger partial charge < -0.3 is 0 Å². The number of nitrogens with zero attached hydrogens (tertiary/aromatic N) is 5. The van der Waals surface area contributed by atoms with Crippen LogP contribution in [0.3, 0.4) is 0 Å². The average Bonchev–Trinajstić information content (AvgIpc) is 2.97. The van der Waals surface area contributed by atoms with Gasteiger partial charge in [0.25, 0.3) is 0 Å². The van der Waals surface area contributed by atoms with E-state index in [0.717, 1.165) is 16.6 Å². The van der Waals surface area contributed by atoms with Crippen LogP contribution in [0, 0.1) is 13.8 Å². The predicted molar refractivity (Wildman–Crippen MR) is 82.4 cm³/mol. The van der Waals surface area contributed by atoms with Gasteiger partial charge in [-0.25, -0.2) is 0 Å². The highest BCUT2D eigenvalue weighted by molar-refractivity contribution is 7.98. The molecular formula is C15H15N5S. The van der Waals surface area contributed by atoms with E-state index in [-0.39, 0.29) is 0 Å². The fourth-order valence-corrected chi connectivity index (χ4v) is 2.76. The third kappa shape index (κ3) is 3.11. The van der Waals surface area contributed by atoms with Gasteiger partial charge in [0.15, 0.2) is 0 Å². The highest BCUT2D eigenvalue weighted by atomic mass is 32.2. The molecule has 0 atom stereocenters. The number of rotatable bonds is 4. The first kappa shape index (κ1) is 13.8. The zero-order valence-electron chi connectivity index (χ0n) is 11.9. The minimum atomic E-state index is 0.787. The van der Waals surface area contributed by atoms with Crippen molar-refractivity contribution in [3.05, 3.63) is 59.4 Å². The molecule has 0 radical (unpaired) electrons. The van der Waals surface area contributed by atoms with Gasteiger partial charge in [-0.3, -0.25) is 4.98 Å². The second-order valence-corrected chi connectivity index (χ2v) is 5.73. The molecule has 0 amide bonds. The SMILES string of the molecule is Cc1ccc(-n2nnnc2SCc2ccncc2)cc1C. The lowest BCUT2D eigenvalue weighted by Crippen LogP contribution is -2.00. The molecule has 1 aromatic carbocycles. The number of hydrogen-bond donors (Lipinski definition) is 0. The van der Waals surface area contributed by atoms with Crippen molar-refractivity contribution in [1.82, 2.24) is 25.2 Å². The molecule has 2 aromatic heterocycles. The number of aromatic nitrogens is 5. The highest BCUT2D eigenvalue weighted by Crippen LogP contribution is 2.23. The summed E-state index contributed by atoms with van der Waals surface area (Å²) < 4.78 is 1.78. The molecule has 0 unspecified atom stereocenters. The van der Waals surface area contributed by atoms with Crippen LogP contribution in [0.5, 0.6) is 0 Å². The van der Waals surface area contributed by atoms with Crippen molar-refractivity contribution in [2.24, 2.45) is 0 Å². The molecular weight excluding hydrogens is 282 g/mol. The number of hydrogen-bond acceptors (Lipinski definition) is 5. The zero-order valence-corrected chi connectivity index (χ0v) is 12.7. The molecule has 3 rings (SSSR count). The van der Waals surface area contributed by atoms with Gasteiger partial charge in [-0.05, 0) is 65.2 Å². The number of aryl methyl sites for hydroxylation is 2. The third-order valence-corrected chi connectivity index (χ3v) is 4.28. The van der Waals surface area contributed by atoms with E-state index in [1.807, 2.05) is 18.2 Å². The average molecular weight is 297 g/mol. The van der Waals surface area contributed by atoms with Crippen molar-refractivity contribution in [1.29, 1.82) is 0 Å². The lowest BCUT2D eigenvalue weighted by molar-refractivity contribution is 0.755. The van der Waals surface area contributed by atoms with E-state index in [2.05, 4.69) is 46.5 Å². The summed E-state index contributed by atoms with van der Waals surface area (Å²) in [6, 6.07) is 10.2.